The summed E-state index contributed by atoms with van der Waals surface area (Å²) in [5.41, 5.74) is 1.97. The van der Waals surface area contributed by atoms with E-state index in [-0.39, 0.29) is 11.9 Å². The van der Waals surface area contributed by atoms with Crippen LogP contribution in [-0.2, 0) is 9.53 Å². The number of amides is 1. The summed E-state index contributed by atoms with van der Waals surface area (Å²) < 4.78 is 7.00. The van der Waals surface area contributed by atoms with Gasteiger partial charge in [0.25, 0.3) is 5.91 Å². The van der Waals surface area contributed by atoms with E-state index < -0.39 is 12.1 Å². The molecule has 0 radical (unpaired) electrons. The van der Waals surface area contributed by atoms with E-state index in [1.165, 1.54) is 6.33 Å². The van der Waals surface area contributed by atoms with Crippen molar-refractivity contribution in [2.75, 3.05) is 0 Å². The van der Waals surface area contributed by atoms with Gasteiger partial charge in [-0.3, -0.25) is 9.20 Å². The van der Waals surface area contributed by atoms with Crippen LogP contribution >= 0.6 is 0 Å². The first-order valence-corrected chi connectivity index (χ1v) is 7.56. The van der Waals surface area contributed by atoms with Crippen LogP contribution in [0.2, 0.25) is 0 Å². The van der Waals surface area contributed by atoms with Gasteiger partial charge in [-0.2, -0.15) is 0 Å². The minimum Gasteiger partial charge on any atom is -0.449 e. The van der Waals surface area contributed by atoms with Gasteiger partial charge in [-0.25, -0.2) is 4.79 Å². The molecule has 0 bridgehead atoms. The van der Waals surface area contributed by atoms with Crippen molar-refractivity contribution in [3.63, 3.8) is 0 Å². The third-order valence-corrected chi connectivity index (χ3v) is 4.04. The highest BCUT2D eigenvalue weighted by Gasteiger charge is 2.35. The number of carbonyl (C=O) groups is 2. The van der Waals surface area contributed by atoms with Gasteiger partial charge in [0.15, 0.2) is 11.8 Å². The molecule has 1 fully saturated rings. The summed E-state index contributed by atoms with van der Waals surface area (Å²) in [6, 6.07) is 12.8. The van der Waals surface area contributed by atoms with E-state index >= 15 is 0 Å². The van der Waals surface area contributed by atoms with Crippen LogP contribution in [0, 0.1) is 0 Å². The predicted octanol–water partition coefficient (Wildman–Crippen LogP) is 1.52. The van der Waals surface area contributed by atoms with E-state index in [0.717, 1.165) is 5.56 Å². The molecule has 0 spiro atoms. The molecule has 1 aliphatic heterocycles. The standard InChI is InChI=1S/C17H14N4O3/c22-16-14(8-13(19-16)11-4-2-1-3-5-11)24-17(23)12-6-7-15-20-18-10-21(15)9-12/h1-7,9-10,13-14H,8H2,(H,19,22). The lowest BCUT2D eigenvalue weighted by Crippen LogP contribution is -2.28. The number of hydrogen-bond donors (Lipinski definition) is 1. The molecule has 1 aliphatic rings. The molecular formula is C17H14N4O3. The Labute approximate surface area is 137 Å². The molecule has 4 rings (SSSR count). The minimum absolute atomic E-state index is 0.142. The van der Waals surface area contributed by atoms with Gasteiger partial charge in [0, 0.05) is 12.6 Å². The summed E-state index contributed by atoms with van der Waals surface area (Å²) in [5, 5.41) is 10.5. The molecule has 0 saturated carbocycles. The van der Waals surface area contributed by atoms with Crippen LogP contribution in [0.3, 0.4) is 0 Å². The van der Waals surface area contributed by atoms with Crippen LogP contribution in [0.1, 0.15) is 28.4 Å². The Balaban J connectivity index is 1.48. The number of aromatic nitrogens is 3. The van der Waals surface area contributed by atoms with E-state index in [0.29, 0.717) is 17.6 Å². The second-order valence-corrected chi connectivity index (χ2v) is 5.62. The van der Waals surface area contributed by atoms with Crippen LogP contribution in [0.5, 0.6) is 0 Å². The topological polar surface area (TPSA) is 85.6 Å². The molecule has 2 aromatic heterocycles. The number of fused-ring (bicyclic) bond motifs is 1. The lowest BCUT2D eigenvalue weighted by molar-refractivity contribution is -0.126. The van der Waals surface area contributed by atoms with E-state index in [4.69, 9.17) is 4.74 Å². The number of ether oxygens (including phenoxy) is 1. The summed E-state index contributed by atoms with van der Waals surface area (Å²) in [7, 11) is 0. The SMILES string of the molecule is O=C(OC1CC(c2ccccc2)NC1=O)c1ccc2nncn2c1. The highest BCUT2D eigenvalue weighted by molar-refractivity contribution is 5.93. The predicted molar refractivity (Wildman–Crippen MR) is 84.1 cm³/mol. The third kappa shape index (κ3) is 2.60. The van der Waals surface area contributed by atoms with Crippen molar-refractivity contribution in [1.29, 1.82) is 0 Å². The number of hydrogen-bond acceptors (Lipinski definition) is 5. The van der Waals surface area contributed by atoms with Gasteiger partial charge in [0.1, 0.15) is 6.33 Å². The van der Waals surface area contributed by atoms with Crippen LogP contribution in [0.25, 0.3) is 5.65 Å². The Kier molecular flexibility index (Phi) is 3.45. The fourth-order valence-corrected chi connectivity index (χ4v) is 2.80. The summed E-state index contributed by atoms with van der Waals surface area (Å²) in [6.45, 7) is 0. The normalized spacial score (nSPS) is 20.1. The summed E-state index contributed by atoms with van der Waals surface area (Å²) in [6.07, 6.45) is 2.71. The lowest BCUT2D eigenvalue weighted by Gasteiger charge is -2.10. The highest BCUT2D eigenvalue weighted by atomic mass is 16.5. The van der Waals surface area contributed by atoms with Crippen molar-refractivity contribution in [3.05, 3.63) is 66.1 Å². The van der Waals surface area contributed by atoms with Gasteiger partial charge in [-0.1, -0.05) is 30.3 Å². The monoisotopic (exact) mass is 322 g/mol. The first kappa shape index (κ1) is 14.4. The van der Waals surface area contributed by atoms with Gasteiger partial charge in [-0.15, -0.1) is 10.2 Å². The maximum Gasteiger partial charge on any atom is 0.340 e. The van der Waals surface area contributed by atoms with Crippen molar-refractivity contribution in [1.82, 2.24) is 19.9 Å². The summed E-state index contributed by atoms with van der Waals surface area (Å²) in [5.74, 6) is -0.818. The molecule has 7 heteroatoms. The minimum atomic E-state index is -0.792. The number of esters is 1. The van der Waals surface area contributed by atoms with Crippen molar-refractivity contribution in [3.8, 4) is 0 Å². The molecule has 24 heavy (non-hydrogen) atoms. The van der Waals surface area contributed by atoms with Crippen molar-refractivity contribution in [2.45, 2.75) is 18.6 Å². The fourth-order valence-electron chi connectivity index (χ4n) is 2.80. The molecule has 0 aliphatic carbocycles. The average molecular weight is 322 g/mol. The second kappa shape index (κ2) is 5.77. The fraction of sp³-hybridized carbons (Fsp3) is 0.176. The zero-order valence-electron chi connectivity index (χ0n) is 12.6. The van der Waals surface area contributed by atoms with E-state index in [2.05, 4.69) is 15.5 Å². The van der Waals surface area contributed by atoms with Crippen molar-refractivity contribution < 1.29 is 14.3 Å². The Morgan fingerprint density at radius 3 is 2.88 bits per heavy atom. The van der Waals surface area contributed by atoms with Crippen molar-refractivity contribution in [2.24, 2.45) is 0 Å². The number of nitrogens with one attached hydrogen (secondary N) is 1. The van der Waals surface area contributed by atoms with E-state index in [1.54, 1.807) is 22.7 Å². The molecule has 3 aromatic rings. The summed E-state index contributed by atoms with van der Waals surface area (Å²) >= 11 is 0. The average Bonchev–Trinajstić information content (AvgIpc) is 3.22. The molecule has 2 atom stereocenters. The Morgan fingerprint density at radius 1 is 1.21 bits per heavy atom. The quantitative estimate of drug-likeness (QED) is 0.739. The van der Waals surface area contributed by atoms with Gasteiger partial charge in [-0.05, 0) is 17.7 Å². The molecule has 1 saturated heterocycles. The molecule has 1 amide bonds. The maximum atomic E-state index is 12.3. The molecule has 120 valence electrons. The molecule has 1 aromatic carbocycles. The first-order chi connectivity index (χ1) is 11.7. The maximum absolute atomic E-state index is 12.3. The van der Waals surface area contributed by atoms with Crippen LogP contribution < -0.4 is 5.32 Å². The van der Waals surface area contributed by atoms with Gasteiger partial charge in [0.05, 0.1) is 11.6 Å². The highest BCUT2D eigenvalue weighted by Crippen LogP contribution is 2.26. The van der Waals surface area contributed by atoms with Gasteiger partial charge < -0.3 is 10.1 Å². The first-order valence-electron chi connectivity index (χ1n) is 7.56. The van der Waals surface area contributed by atoms with E-state index in [1.807, 2.05) is 30.3 Å². The Hall–Kier alpha value is -3.22. The smallest absolute Gasteiger partial charge is 0.340 e. The van der Waals surface area contributed by atoms with Gasteiger partial charge in [0.2, 0.25) is 0 Å². The number of pyridine rings is 1. The third-order valence-electron chi connectivity index (χ3n) is 4.04. The number of nitrogens with zero attached hydrogens (tertiary/aromatic N) is 3. The number of benzene rings is 1. The zero-order valence-corrected chi connectivity index (χ0v) is 12.6. The number of carbonyl (C=O) groups excluding carboxylic acids is 2. The lowest BCUT2D eigenvalue weighted by atomic mass is 10.0. The van der Waals surface area contributed by atoms with Crippen molar-refractivity contribution >= 4 is 17.5 Å². The molecule has 7 nitrogen and oxygen atoms in total. The van der Waals surface area contributed by atoms with E-state index in [9.17, 15) is 9.59 Å². The van der Waals surface area contributed by atoms with Gasteiger partial charge >= 0.3 is 5.97 Å². The Morgan fingerprint density at radius 2 is 2.04 bits per heavy atom. The summed E-state index contributed by atoms with van der Waals surface area (Å²) in [4.78, 5) is 24.4. The Bertz CT molecular complexity index is 906. The van der Waals surface area contributed by atoms with Crippen LogP contribution in [0.4, 0.5) is 0 Å². The zero-order chi connectivity index (χ0) is 16.5. The second-order valence-electron chi connectivity index (χ2n) is 5.62. The number of rotatable bonds is 3. The molecule has 1 N–H and O–H groups in total. The molecule has 2 unspecified atom stereocenters. The largest absolute Gasteiger partial charge is 0.449 e. The van der Waals surface area contributed by atoms with Crippen LogP contribution in [-0.4, -0.2) is 32.6 Å². The molecule has 3 heterocycles. The van der Waals surface area contributed by atoms with Crippen LogP contribution in [0.15, 0.2) is 55.0 Å². The molecular weight excluding hydrogens is 308 g/mol.